The monoisotopic (exact) mass is 291 g/mol. The van der Waals surface area contributed by atoms with Crippen LogP contribution in [0.2, 0.25) is 0 Å². The second-order valence-electron chi connectivity index (χ2n) is 6.67. The average molecular weight is 291 g/mol. The molecule has 3 aliphatic rings. The fourth-order valence-corrected chi connectivity index (χ4v) is 3.78. The normalized spacial score (nSPS) is 30.1. The van der Waals surface area contributed by atoms with Crippen molar-refractivity contribution in [2.75, 3.05) is 13.2 Å². The van der Waals surface area contributed by atoms with Gasteiger partial charge in [-0.1, -0.05) is 25.0 Å². The van der Waals surface area contributed by atoms with Gasteiger partial charge in [-0.15, -0.1) is 0 Å². The van der Waals surface area contributed by atoms with Crippen molar-refractivity contribution >= 4 is 11.9 Å². The maximum atomic E-state index is 12.2. The first kappa shape index (κ1) is 14.6. The molecule has 0 radical (unpaired) electrons. The molecule has 1 heterocycles. The third-order valence-corrected chi connectivity index (χ3v) is 5.10. The molecule has 0 N–H and O–H groups in total. The number of likely N-dealkylation sites (tertiary alicyclic amines) is 1. The van der Waals surface area contributed by atoms with Gasteiger partial charge in [0.05, 0.1) is 12.5 Å². The molecule has 0 unspecified atom stereocenters. The lowest BCUT2D eigenvalue weighted by Gasteiger charge is -2.24. The first-order chi connectivity index (χ1) is 10.2. The average Bonchev–Trinajstić information content (AvgIpc) is 3.15. The van der Waals surface area contributed by atoms with Gasteiger partial charge < -0.3 is 9.64 Å². The molecule has 1 saturated carbocycles. The van der Waals surface area contributed by atoms with Gasteiger partial charge in [0, 0.05) is 19.0 Å². The van der Waals surface area contributed by atoms with Crippen LogP contribution in [0.25, 0.3) is 0 Å². The Morgan fingerprint density at radius 3 is 2.76 bits per heavy atom. The van der Waals surface area contributed by atoms with Crippen molar-refractivity contribution in [1.82, 2.24) is 4.90 Å². The molecule has 2 fully saturated rings. The van der Waals surface area contributed by atoms with E-state index in [1.165, 1.54) is 12.8 Å². The van der Waals surface area contributed by atoms with Gasteiger partial charge in [0.25, 0.3) is 0 Å². The zero-order valence-corrected chi connectivity index (χ0v) is 12.6. The number of ether oxygens (including phenoxy) is 1. The second-order valence-corrected chi connectivity index (χ2v) is 6.67. The van der Waals surface area contributed by atoms with Crippen molar-refractivity contribution in [3.05, 3.63) is 12.2 Å². The molecule has 2 atom stereocenters. The number of rotatable bonds is 4. The van der Waals surface area contributed by atoms with E-state index in [9.17, 15) is 9.59 Å². The van der Waals surface area contributed by atoms with Crippen LogP contribution in [0.15, 0.2) is 12.2 Å². The van der Waals surface area contributed by atoms with Crippen molar-refractivity contribution in [3.8, 4) is 0 Å². The van der Waals surface area contributed by atoms with Crippen LogP contribution in [0, 0.1) is 11.8 Å². The fraction of sp³-hybridized carbons (Fsp3) is 0.765. The summed E-state index contributed by atoms with van der Waals surface area (Å²) >= 11 is 0. The zero-order valence-electron chi connectivity index (χ0n) is 12.6. The van der Waals surface area contributed by atoms with E-state index >= 15 is 0 Å². The molecule has 21 heavy (non-hydrogen) atoms. The summed E-state index contributed by atoms with van der Waals surface area (Å²) in [6, 6.07) is 0.374. The number of carbonyl (C=O) groups excluding carboxylic acids is 2. The highest BCUT2D eigenvalue weighted by molar-refractivity contribution is 5.87. The van der Waals surface area contributed by atoms with Gasteiger partial charge in [0.15, 0.2) is 0 Å². The minimum atomic E-state index is -0.239. The van der Waals surface area contributed by atoms with E-state index in [0.717, 1.165) is 32.1 Å². The minimum absolute atomic E-state index is 0.143. The largest absolute Gasteiger partial charge is 0.465 e. The molecule has 0 aromatic rings. The second kappa shape index (κ2) is 6.63. The highest BCUT2D eigenvalue weighted by Gasteiger charge is 2.39. The first-order valence-electron chi connectivity index (χ1n) is 8.35. The van der Waals surface area contributed by atoms with Gasteiger partial charge in [-0.25, -0.2) is 0 Å². The summed E-state index contributed by atoms with van der Waals surface area (Å²) in [4.78, 5) is 26.2. The number of hydrogen-bond donors (Lipinski definition) is 0. The fourth-order valence-electron chi connectivity index (χ4n) is 3.78. The lowest BCUT2D eigenvalue weighted by molar-refractivity contribution is -0.149. The van der Waals surface area contributed by atoms with Crippen molar-refractivity contribution < 1.29 is 14.3 Å². The van der Waals surface area contributed by atoms with Crippen molar-refractivity contribution in [2.24, 2.45) is 11.8 Å². The molecular weight excluding hydrogens is 266 g/mol. The number of esters is 1. The molecule has 4 heteroatoms. The number of allylic oxidation sites excluding steroid dienone is 2. The van der Waals surface area contributed by atoms with Gasteiger partial charge >= 0.3 is 5.97 Å². The Bertz CT molecular complexity index is 426. The van der Waals surface area contributed by atoms with Crippen molar-refractivity contribution in [2.45, 2.75) is 57.4 Å². The van der Waals surface area contributed by atoms with Crippen LogP contribution in [-0.4, -0.2) is 36.0 Å². The highest BCUT2D eigenvalue weighted by atomic mass is 16.5. The van der Waals surface area contributed by atoms with E-state index in [1.54, 1.807) is 0 Å². The van der Waals surface area contributed by atoms with Gasteiger partial charge in [0.2, 0.25) is 5.91 Å². The number of hydrogen-bond acceptors (Lipinski definition) is 3. The van der Waals surface area contributed by atoms with Crippen LogP contribution < -0.4 is 0 Å². The topological polar surface area (TPSA) is 46.6 Å². The van der Waals surface area contributed by atoms with Crippen LogP contribution >= 0.6 is 0 Å². The maximum Gasteiger partial charge on any atom is 0.311 e. The Balaban J connectivity index is 1.46. The summed E-state index contributed by atoms with van der Waals surface area (Å²) in [6.45, 7) is 1.09. The van der Waals surface area contributed by atoms with E-state index in [-0.39, 0.29) is 17.8 Å². The van der Waals surface area contributed by atoms with E-state index in [0.29, 0.717) is 31.5 Å². The third-order valence-electron chi connectivity index (χ3n) is 5.10. The molecular formula is C17H25NO3. The van der Waals surface area contributed by atoms with Crippen LogP contribution in [0.4, 0.5) is 0 Å². The number of carbonyl (C=O) groups is 2. The zero-order chi connectivity index (χ0) is 14.7. The molecule has 116 valence electrons. The summed E-state index contributed by atoms with van der Waals surface area (Å²) in [5, 5.41) is 0. The quantitative estimate of drug-likeness (QED) is 0.591. The molecule has 1 amide bonds. The summed E-state index contributed by atoms with van der Waals surface area (Å²) in [5.74, 6) is 0.196. The van der Waals surface area contributed by atoms with Crippen LogP contribution in [0.3, 0.4) is 0 Å². The predicted molar refractivity (Wildman–Crippen MR) is 79.5 cm³/mol. The Morgan fingerprint density at radius 2 is 2.05 bits per heavy atom. The Morgan fingerprint density at radius 1 is 1.24 bits per heavy atom. The van der Waals surface area contributed by atoms with Crippen molar-refractivity contribution in [3.63, 3.8) is 0 Å². The Labute approximate surface area is 126 Å². The van der Waals surface area contributed by atoms with E-state index < -0.39 is 0 Å². The summed E-state index contributed by atoms with van der Waals surface area (Å²) in [6.07, 6.45) is 12.5. The van der Waals surface area contributed by atoms with Gasteiger partial charge in [-0.05, 0) is 38.0 Å². The van der Waals surface area contributed by atoms with Gasteiger partial charge in [-0.2, -0.15) is 0 Å². The molecule has 3 rings (SSSR count). The third kappa shape index (κ3) is 3.47. The molecule has 0 aromatic carbocycles. The van der Waals surface area contributed by atoms with E-state index in [4.69, 9.17) is 4.74 Å². The summed E-state index contributed by atoms with van der Waals surface area (Å²) in [7, 11) is 0. The predicted octanol–water partition coefficient (Wildman–Crippen LogP) is 2.68. The van der Waals surface area contributed by atoms with Crippen LogP contribution in [0.1, 0.15) is 51.4 Å². The van der Waals surface area contributed by atoms with Gasteiger partial charge in [-0.3, -0.25) is 9.59 Å². The van der Waals surface area contributed by atoms with Crippen molar-refractivity contribution in [1.29, 1.82) is 0 Å². The smallest absolute Gasteiger partial charge is 0.311 e. The van der Waals surface area contributed by atoms with Gasteiger partial charge in [0.1, 0.15) is 0 Å². The molecule has 0 bridgehead atoms. The lowest BCUT2D eigenvalue weighted by Crippen LogP contribution is -2.35. The SMILES string of the molecule is O=C(OC[C@H]1CC=CCC1)[C@H]1CC(=O)N(C2CCCC2)C1. The van der Waals surface area contributed by atoms with E-state index in [2.05, 4.69) is 12.2 Å². The maximum absolute atomic E-state index is 12.2. The van der Waals surface area contributed by atoms with E-state index in [1.807, 2.05) is 4.90 Å². The Kier molecular flexibility index (Phi) is 4.61. The molecule has 4 nitrogen and oxygen atoms in total. The van der Waals surface area contributed by atoms with Crippen LogP contribution in [-0.2, 0) is 14.3 Å². The molecule has 1 aliphatic heterocycles. The molecule has 0 spiro atoms. The summed E-state index contributed by atoms with van der Waals surface area (Å²) < 4.78 is 5.47. The minimum Gasteiger partial charge on any atom is -0.465 e. The highest BCUT2D eigenvalue weighted by Crippen LogP contribution is 2.30. The first-order valence-corrected chi connectivity index (χ1v) is 8.35. The number of nitrogens with zero attached hydrogens (tertiary/aromatic N) is 1. The Hall–Kier alpha value is -1.32. The standard InChI is InChI=1S/C17H25NO3/c19-16-10-14(11-18(16)15-8-4-5-9-15)17(20)21-12-13-6-2-1-3-7-13/h1-2,13-15H,3-12H2/t13-,14-/m0/s1. The lowest BCUT2D eigenvalue weighted by atomic mass is 9.95. The number of amides is 1. The van der Waals surface area contributed by atoms with Crippen LogP contribution in [0.5, 0.6) is 0 Å². The molecule has 1 saturated heterocycles. The summed E-state index contributed by atoms with van der Waals surface area (Å²) in [5.41, 5.74) is 0. The molecule has 0 aromatic heterocycles. The molecule has 2 aliphatic carbocycles.